The molecule has 2 aliphatic carbocycles. The zero-order valence-corrected chi connectivity index (χ0v) is 19.7. The van der Waals surface area contributed by atoms with Gasteiger partial charge in [0.15, 0.2) is 0 Å². The minimum atomic E-state index is -0.932. The average molecular weight is 465 g/mol. The molecule has 2 unspecified atom stereocenters. The second-order valence-corrected chi connectivity index (χ2v) is 9.59. The number of carbonyl (C=O) groups excluding carboxylic acids is 2. The van der Waals surface area contributed by atoms with E-state index in [0.717, 1.165) is 35.1 Å². The summed E-state index contributed by atoms with van der Waals surface area (Å²) in [5.41, 5.74) is 3.84. The van der Waals surface area contributed by atoms with Gasteiger partial charge in [0.05, 0.1) is 12.0 Å². The fourth-order valence-corrected chi connectivity index (χ4v) is 5.02. The van der Waals surface area contributed by atoms with Gasteiger partial charge in [-0.2, -0.15) is 0 Å². The Kier molecular flexibility index (Phi) is 6.91. The first-order valence-electron chi connectivity index (χ1n) is 11.9. The van der Waals surface area contributed by atoms with Crippen LogP contribution < -0.4 is 10.6 Å². The maximum absolute atomic E-state index is 12.7. The van der Waals surface area contributed by atoms with E-state index in [-0.39, 0.29) is 37.2 Å². The second-order valence-electron chi connectivity index (χ2n) is 9.59. The van der Waals surface area contributed by atoms with Gasteiger partial charge in [0.2, 0.25) is 5.91 Å². The molecule has 0 aliphatic heterocycles. The number of carbonyl (C=O) groups is 3. The van der Waals surface area contributed by atoms with Crippen molar-refractivity contribution in [2.75, 3.05) is 6.61 Å². The van der Waals surface area contributed by atoms with E-state index in [9.17, 15) is 19.5 Å². The molecule has 0 radical (unpaired) electrons. The molecule has 0 saturated heterocycles. The van der Waals surface area contributed by atoms with Crippen molar-refractivity contribution in [1.29, 1.82) is 0 Å². The Hall–Kier alpha value is -3.35. The summed E-state index contributed by atoms with van der Waals surface area (Å²) < 4.78 is 5.60. The highest BCUT2D eigenvalue weighted by atomic mass is 16.5. The van der Waals surface area contributed by atoms with Gasteiger partial charge in [0.25, 0.3) is 0 Å². The van der Waals surface area contributed by atoms with Gasteiger partial charge in [-0.3, -0.25) is 9.59 Å². The molecule has 1 saturated carbocycles. The Morgan fingerprint density at radius 1 is 1.06 bits per heavy atom. The minimum absolute atomic E-state index is 0.0307. The molecule has 0 heterocycles. The van der Waals surface area contributed by atoms with E-state index in [1.807, 2.05) is 31.2 Å². The van der Waals surface area contributed by atoms with E-state index in [4.69, 9.17) is 4.74 Å². The van der Waals surface area contributed by atoms with Crippen LogP contribution in [0.3, 0.4) is 0 Å². The molecular formula is C27H32N2O5. The van der Waals surface area contributed by atoms with Crippen molar-refractivity contribution in [3.63, 3.8) is 0 Å². The van der Waals surface area contributed by atoms with Gasteiger partial charge in [-0.05, 0) is 54.4 Å². The van der Waals surface area contributed by atoms with E-state index in [2.05, 4.69) is 34.9 Å². The van der Waals surface area contributed by atoms with Gasteiger partial charge in [0.1, 0.15) is 6.61 Å². The number of rotatable bonds is 10. The number of aliphatic carboxylic acids is 1. The molecule has 0 spiro atoms. The van der Waals surface area contributed by atoms with E-state index < -0.39 is 23.6 Å². The maximum Gasteiger partial charge on any atom is 0.407 e. The van der Waals surface area contributed by atoms with Crippen LogP contribution >= 0.6 is 0 Å². The third-order valence-corrected chi connectivity index (χ3v) is 7.01. The Balaban J connectivity index is 1.32. The number of carboxylic acids is 1. The van der Waals surface area contributed by atoms with Gasteiger partial charge in [-0.25, -0.2) is 4.79 Å². The van der Waals surface area contributed by atoms with Crippen LogP contribution in [0.4, 0.5) is 4.79 Å². The maximum atomic E-state index is 12.7. The van der Waals surface area contributed by atoms with Crippen LogP contribution in [0.5, 0.6) is 0 Å². The molecular weight excluding hydrogens is 432 g/mol. The smallest absolute Gasteiger partial charge is 0.407 e. The van der Waals surface area contributed by atoms with Crippen molar-refractivity contribution in [1.82, 2.24) is 10.6 Å². The highest BCUT2D eigenvalue weighted by molar-refractivity contribution is 5.80. The lowest BCUT2D eigenvalue weighted by molar-refractivity contribution is -0.139. The van der Waals surface area contributed by atoms with Crippen LogP contribution in [0.25, 0.3) is 11.1 Å². The van der Waals surface area contributed by atoms with E-state index >= 15 is 0 Å². The molecule has 0 aromatic heterocycles. The molecule has 0 bridgehead atoms. The first-order valence-corrected chi connectivity index (χ1v) is 11.9. The third-order valence-electron chi connectivity index (χ3n) is 7.01. The molecule has 2 amide bonds. The molecule has 2 aliphatic rings. The highest BCUT2D eigenvalue weighted by Gasteiger charge is 2.44. The minimum Gasteiger partial charge on any atom is -0.481 e. The number of ether oxygens (including phenoxy) is 1. The summed E-state index contributed by atoms with van der Waals surface area (Å²) in [5, 5.41) is 14.9. The van der Waals surface area contributed by atoms with Gasteiger partial charge >= 0.3 is 12.1 Å². The quantitative estimate of drug-likeness (QED) is 0.482. The van der Waals surface area contributed by atoms with Crippen LogP contribution in [0.15, 0.2) is 48.5 Å². The standard InChI is InChI=1S/C27H32N2O5/c1-3-18(14-24(30)29-27(2,15-25(31)32)17-12-13-17)28-26(33)34-16-23-21-10-6-4-8-19(21)20-9-5-7-11-22(20)23/h4-11,17-18,23H,3,12-16H2,1-2H3,(H,28,33)(H,29,30)(H,31,32). The lowest BCUT2D eigenvalue weighted by Gasteiger charge is -2.30. The molecule has 7 nitrogen and oxygen atoms in total. The van der Waals surface area contributed by atoms with Crippen LogP contribution in [-0.2, 0) is 14.3 Å². The largest absolute Gasteiger partial charge is 0.481 e. The van der Waals surface area contributed by atoms with Crippen molar-refractivity contribution < 1.29 is 24.2 Å². The summed E-state index contributed by atoms with van der Waals surface area (Å²) in [6.45, 7) is 3.89. The Morgan fingerprint density at radius 3 is 2.18 bits per heavy atom. The predicted molar refractivity (Wildman–Crippen MR) is 128 cm³/mol. The van der Waals surface area contributed by atoms with Crippen molar-refractivity contribution >= 4 is 18.0 Å². The topological polar surface area (TPSA) is 105 Å². The van der Waals surface area contributed by atoms with E-state index in [0.29, 0.717) is 6.42 Å². The number of nitrogens with one attached hydrogen (secondary N) is 2. The summed E-state index contributed by atoms with van der Waals surface area (Å²) in [4.78, 5) is 36.5. The molecule has 3 N–H and O–H groups in total. The molecule has 4 rings (SSSR count). The molecule has 180 valence electrons. The summed E-state index contributed by atoms with van der Waals surface area (Å²) in [5.74, 6) is -1.04. The van der Waals surface area contributed by atoms with Crippen molar-refractivity contribution in [3.05, 3.63) is 59.7 Å². The highest BCUT2D eigenvalue weighted by Crippen LogP contribution is 2.44. The zero-order chi connectivity index (χ0) is 24.3. The fraction of sp³-hybridized carbons (Fsp3) is 0.444. The van der Waals surface area contributed by atoms with E-state index in [1.165, 1.54) is 0 Å². The lowest BCUT2D eigenvalue weighted by Crippen LogP contribution is -2.51. The van der Waals surface area contributed by atoms with Gasteiger partial charge in [-0.15, -0.1) is 0 Å². The third kappa shape index (κ3) is 5.24. The second kappa shape index (κ2) is 9.87. The first kappa shape index (κ1) is 23.8. The van der Waals surface area contributed by atoms with Crippen LogP contribution in [-0.4, -0.2) is 41.3 Å². The van der Waals surface area contributed by atoms with Crippen LogP contribution in [0.1, 0.15) is 63.0 Å². The molecule has 34 heavy (non-hydrogen) atoms. The number of alkyl carbamates (subject to hydrolysis) is 1. The SMILES string of the molecule is CCC(CC(=O)NC(C)(CC(=O)O)C1CC1)NC(=O)OCC1c2ccccc2-c2ccccc21. The average Bonchev–Trinajstić information content (AvgIpc) is 3.61. The lowest BCUT2D eigenvalue weighted by atomic mass is 9.91. The van der Waals surface area contributed by atoms with Crippen LogP contribution in [0, 0.1) is 5.92 Å². The molecule has 2 aromatic rings. The predicted octanol–water partition coefficient (Wildman–Crippen LogP) is 4.45. The Bertz CT molecular complexity index is 1030. The number of amides is 2. The number of carboxylic acid groups (broad SMARTS) is 1. The molecule has 1 fully saturated rings. The Morgan fingerprint density at radius 2 is 1.65 bits per heavy atom. The van der Waals surface area contributed by atoms with E-state index in [1.54, 1.807) is 6.92 Å². The molecule has 7 heteroatoms. The van der Waals surface area contributed by atoms with Crippen molar-refractivity contribution in [3.8, 4) is 11.1 Å². The monoisotopic (exact) mass is 464 g/mol. The first-order chi connectivity index (χ1) is 16.3. The number of fused-ring (bicyclic) bond motifs is 3. The fourth-order valence-electron chi connectivity index (χ4n) is 5.02. The van der Waals surface area contributed by atoms with Gasteiger partial charge in [0, 0.05) is 18.4 Å². The van der Waals surface area contributed by atoms with Crippen molar-refractivity contribution in [2.45, 2.75) is 63.5 Å². The summed E-state index contributed by atoms with van der Waals surface area (Å²) in [7, 11) is 0. The summed E-state index contributed by atoms with van der Waals surface area (Å²) in [6.07, 6.45) is 1.79. The number of benzene rings is 2. The van der Waals surface area contributed by atoms with Gasteiger partial charge < -0.3 is 20.5 Å². The summed E-state index contributed by atoms with van der Waals surface area (Å²) in [6, 6.07) is 15.9. The Labute approximate surface area is 199 Å². The number of hydrogen-bond acceptors (Lipinski definition) is 4. The van der Waals surface area contributed by atoms with Crippen molar-refractivity contribution in [2.24, 2.45) is 5.92 Å². The normalized spacial score (nSPS) is 17.1. The van der Waals surface area contributed by atoms with Crippen LogP contribution in [0.2, 0.25) is 0 Å². The summed E-state index contributed by atoms with van der Waals surface area (Å²) >= 11 is 0. The molecule has 2 aromatic carbocycles. The number of hydrogen-bond donors (Lipinski definition) is 3. The van der Waals surface area contributed by atoms with Gasteiger partial charge in [-0.1, -0.05) is 55.5 Å². The zero-order valence-electron chi connectivity index (χ0n) is 19.7. The molecule has 2 atom stereocenters.